The van der Waals surface area contributed by atoms with E-state index in [0.29, 0.717) is 47.9 Å². The number of nitrogens with one attached hydrogen (secondary N) is 1. The van der Waals surface area contributed by atoms with Gasteiger partial charge >= 0.3 is 0 Å². The van der Waals surface area contributed by atoms with Gasteiger partial charge in [-0.25, -0.2) is 0 Å². The normalized spacial score (nSPS) is 11.0. The quantitative estimate of drug-likeness (QED) is 0.228. The number of carbonyl (C=O) groups is 1. The van der Waals surface area contributed by atoms with E-state index < -0.39 is 5.91 Å². The molecule has 3 aromatic rings. The SMILES string of the molecule is COc1cc(/C=C(\C#N)C(=O)Nc2cccc(Cl)c2C)c(Br)cc1OCc1ccc(Cl)cc1Cl. The predicted molar refractivity (Wildman–Crippen MR) is 140 cm³/mol. The van der Waals surface area contributed by atoms with Crippen molar-refractivity contribution in [2.75, 3.05) is 12.4 Å². The van der Waals surface area contributed by atoms with E-state index >= 15 is 0 Å². The lowest BCUT2D eigenvalue weighted by molar-refractivity contribution is -0.112. The molecular formula is C25H18BrCl3N2O3. The first-order valence-corrected chi connectivity index (χ1v) is 11.8. The first-order chi connectivity index (χ1) is 16.2. The van der Waals surface area contributed by atoms with Crippen LogP contribution in [0.15, 0.2) is 58.6 Å². The van der Waals surface area contributed by atoms with E-state index in [1.807, 2.05) is 6.07 Å². The highest BCUT2D eigenvalue weighted by Crippen LogP contribution is 2.36. The summed E-state index contributed by atoms with van der Waals surface area (Å²) in [4.78, 5) is 12.7. The fourth-order valence-corrected chi connectivity index (χ4v) is 4.04. The summed E-state index contributed by atoms with van der Waals surface area (Å²) in [5, 5.41) is 13.9. The molecule has 9 heteroatoms. The van der Waals surface area contributed by atoms with Crippen molar-refractivity contribution in [1.29, 1.82) is 5.26 Å². The van der Waals surface area contributed by atoms with E-state index in [9.17, 15) is 10.1 Å². The number of carbonyl (C=O) groups excluding carboxylic acids is 1. The highest BCUT2D eigenvalue weighted by atomic mass is 79.9. The molecule has 0 heterocycles. The first kappa shape index (κ1) is 25.9. The number of halogens is 4. The molecule has 0 aliphatic rings. The zero-order valence-corrected chi connectivity index (χ0v) is 21.9. The fraction of sp³-hybridized carbons (Fsp3) is 0.120. The van der Waals surface area contributed by atoms with Crippen LogP contribution in [0.4, 0.5) is 5.69 Å². The molecule has 0 radical (unpaired) electrons. The summed E-state index contributed by atoms with van der Waals surface area (Å²) >= 11 is 21.7. The van der Waals surface area contributed by atoms with Crippen molar-refractivity contribution in [3.8, 4) is 17.6 Å². The second kappa shape index (κ2) is 11.6. The Kier molecular flexibility index (Phi) is 8.87. The summed E-state index contributed by atoms with van der Waals surface area (Å²) in [6, 6.07) is 15.6. The number of amides is 1. The van der Waals surface area contributed by atoms with Crippen LogP contribution >= 0.6 is 50.7 Å². The molecule has 0 atom stereocenters. The van der Waals surface area contributed by atoms with Crippen LogP contribution in [0.2, 0.25) is 15.1 Å². The van der Waals surface area contributed by atoms with E-state index in [0.717, 1.165) is 5.56 Å². The minimum Gasteiger partial charge on any atom is -0.493 e. The predicted octanol–water partition coefficient (Wildman–Crippen LogP) is 7.85. The van der Waals surface area contributed by atoms with Crippen LogP contribution in [0.25, 0.3) is 6.08 Å². The summed E-state index contributed by atoms with van der Waals surface area (Å²) in [5.41, 5.74) is 2.46. The van der Waals surface area contributed by atoms with Gasteiger partial charge in [-0.15, -0.1) is 0 Å². The Labute approximate surface area is 221 Å². The molecule has 3 rings (SSSR count). The zero-order chi connectivity index (χ0) is 24.8. The van der Waals surface area contributed by atoms with Gasteiger partial charge in [0.2, 0.25) is 0 Å². The van der Waals surface area contributed by atoms with Crippen LogP contribution in [-0.2, 0) is 11.4 Å². The van der Waals surface area contributed by atoms with E-state index in [-0.39, 0.29) is 12.2 Å². The third kappa shape index (κ3) is 6.25. The van der Waals surface area contributed by atoms with E-state index in [2.05, 4.69) is 21.2 Å². The number of rotatable bonds is 7. The lowest BCUT2D eigenvalue weighted by Crippen LogP contribution is -2.14. The van der Waals surface area contributed by atoms with Crippen LogP contribution in [0, 0.1) is 18.3 Å². The Morgan fingerprint density at radius 1 is 1.12 bits per heavy atom. The molecule has 1 amide bonds. The molecule has 3 aromatic carbocycles. The van der Waals surface area contributed by atoms with Gasteiger partial charge < -0.3 is 14.8 Å². The lowest BCUT2D eigenvalue weighted by Gasteiger charge is -2.14. The Hall–Kier alpha value is -2.69. The molecule has 0 fully saturated rings. The number of hydrogen-bond donors (Lipinski definition) is 1. The molecule has 0 saturated carbocycles. The van der Waals surface area contributed by atoms with Gasteiger partial charge in [-0.05, 0) is 60.5 Å². The van der Waals surface area contributed by atoms with Gasteiger partial charge in [0.05, 0.1) is 7.11 Å². The number of ether oxygens (including phenoxy) is 2. The van der Waals surface area contributed by atoms with E-state index in [1.54, 1.807) is 55.5 Å². The third-order valence-corrected chi connectivity index (χ3v) is 6.55. The van der Waals surface area contributed by atoms with Crippen molar-refractivity contribution in [3.05, 3.63) is 90.3 Å². The molecule has 0 spiro atoms. The number of nitriles is 1. The first-order valence-electron chi connectivity index (χ1n) is 9.86. The Morgan fingerprint density at radius 3 is 2.56 bits per heavy atom. The zero-order valence-electron chi connectivity index (χ0n) is 18.1. The summed E-state index contributed by atoms with van der Waals surface area (Å²) in [7, 11) is 1.50. The monoisotopic (exact) mass is 578 g/mol. The molecule has 0 bridgehead atoms. The van der Waals surface area contributed by atoms with Crippen LogP contribution in [0.5, 0.6) is 11.5 Å². The van der Waals surface area contributed by atoms with Crippen molar-refractivity contribution < 1.29 is 14.3 Å². The van der Waals surface area contributed by atoms with Gasteiger partial charge in [0.25, 0.3) is 5.91 Å². The standard InChI is InChI=1S/C25H18BrCl3N2O3/c1-14-20(28)4-3-5-22(14)31-25(32)17(12-30)8-16-9-23(33-2)24(11-19(16)26)34-13-15-6-7-18(27)10-21(15)29/h3-11H,13H2,1-2H3,(H,31,32)/b17-8+. The van der Waals surface area contributed by atoms with Crippen LogP contribution in [0.1, 0.15) is 16.7 Å². The average Bonchev–Trinajstić information content (AvgIpc) is 2.80. The summed E-state index contributed by atoms with van der Waals surface area (Å²) in [5.74, 6) is 0.314. The molecule has 0 aliphatic heterocycles. The Balaban J connectivity index is 1.84. The Bertz CT molecular complexity index is 1320. The molecule has 174 valence electrons. The minimum atomic E-state index is -0.559. The molecule has 5 nitrogen and oxygen atoms in total. The van der Waals surface area contributed by atoms with Gasteiger partial charge in [-0.1, -0.05) is 62.9 Å². The number of methoxy groups -OCH3 is 1. The largest absolute Gasteiger partial charge is 0.493 e. The maximum absolute atomic E-state index is 12.7. The molecule has 0 aromatic heterocycles. The minimum absolute atomic E-state index is 0.0938. The highest BCUT2D eigenvalue weighted by Gasteiger charge is 2.15. The van der Waals surface area contributed by atoms with Crippen molar-refractivity contribution in [2.24, 2.45) is 0 Å². The van der Waals surface area contributed by atoms with Gasteiger partial charge in [0, 0.05) is 30.8 Å². The molecule has 34 heavy (non-hydrogen) atoms. The number of nitrogens with zero attached hydrogens (tertiary/aromatic N) is 1. The van der Waals surface area contributed by atoms with Crippen LogP contribution in [-0.4, -0.2) is 13.0 Å². The fourth-order valence-electron chi connectivity index (χ4n) is 2.96. The van der Waals surface area contributed by atoms with Crippen molar-refractivity contribution in [1.82, 2.24) is 0 Å². The highest BCUT2D eigenvalue weighted by molar-refractivity contribution is 9.10. The summed E-state index contributed by atoms with van der Waals surface area (Å²) < 4.78 is 11.9. The second-order valence-electron chi connectivity index (χ2n) is 7.09. The Morgan fingerprint density at radius 2 is 1.88 bits per heavy atom. The van der Waals surface area contributed by atoms with Crippen molar-refractivity contribution in [3.63, 3.8) is 0 Å². The smallest absolute Gasteiger partial charge is 0.266 e. The maximum Gasteiger partial charge on any atom is 0.266 e. The van der Waals surface area contributed by atoms with E-state index in [4.69, 9.17) is 44.3 Å². The number of anilines is 1. The van der Waals surface area contributed by atoms with Crippen LogP contribution in [0.3, 0.4) is 0 Å². The molecule has 0 unspecified atom stereocenters. The van der Waals surface area contributed by atoms with Gasteiger partial charge in [0.1, 0.15) is 18.2 Å². The molecular weight excluding hydrogens is 563 g/mol. The second-order valence-corrected chi connectivity index (χ2v) is 9.19. The van der Waals surface area contributed by atoms with Gasteiger partial charge in [-0.2, -0.15) is 5.26 Å². The maximum atomic E-state index is 12.7. The molecule has 0 saturated heterocycles. The molecule has 1 N–H and O–H groups in total. The lowest BCUT2D eigenvalue weighted by atomic mass is 10.1. The van der Waals surface area contributed by atoms with Gasteiger partial charge in [0.15, 0.2) is 11.5 Å². The van der Waals surface area contributed by atoms with Gasteiger partial charge in [-0.3, -0.25) is 4.79 Å². The summed E-state index contributed by atoms with van der Waals surface area (Å²) in [6.07, 6.45) is 1.46. The average molecular weight is 581 g/mol. The van der Waals surface area contributed by atoms with E-state index in [1.165, 1.54) is 13.2 Å². The summed E-state index contributed by atoms with van der Waals surface area (Å²) in [6.45, 7) is 1.98. The van der Waals surface area contributed by atoms with Crippen molar-refractivity contribution in [2.45, 2.75) is 13.5 Å². The number of hydrogen-bond acceptors (Lipinski definition) is 4. The van der Waals surface area contributed by atoms with Crippen LogP contribution < -0.4 is 14.8 Å². The number of benzene rings is 3. The topological polar surface area (TPSA) is 71.3 Å². The third-order valence-electron chi connectivity index (χ3n) is 4.86. The van der Waals surface area contributed by atoms with Crippen molar-refractivity contribution >= 4 is 68.4 Å². The molecule has 0 aliphatic carbocycles.